The zero-order chi connectivity index (χ0) is 13.9. The van der Waals surface area contributed by atoms with Gasteiger partial charge in [-0.25, -0.2) is 0 Å². The number of carbonyl (C=O) groups is 1. The summed E-state index contributed by atoms with van der Waals surface area (Å²) in [6, 6.07) is 18.4. The smallest absolute Gasteiger partial charge is 0.244 e. The van der Waals surface area contributed by atoms with E-state index in [0.29, 0.717) is 0 Å². The molecule has 2 aromatic carbocycles. The number of anilines is 1. The maximum atomic E-state index is 11.9. The summed E-state index contributed by atoms with van der Waals surface area (Å²) in [4.78, 5) is 13.6. The Morgan fingerprint density at radius 3 is 2.25 bits per heavy atom. The average molecular weight is 266 g/mol. The lowest BCUT2D eigenvalue weighted by molar-refractivity contribution is -0.127. The quantitative estimate of drug-likeness (QED) is 0.926. The highest BCUT2D eigenvalue weighted by atomic mass is 16.2. The molecule has 1 atom stereocenters. The van der Waals surface area contributed by atoms with Crippen molar-refractivity contribution in [2.45, 2.75) is 12.5 Å². The van der Waals surface area contributed by atoms with E-state index in [9.17, 15) is 4.79 Å². The Hall–Kier alpha value is -2.29. The summed E-state index contributed by atoms with van der Waals surface area (Å²) in [5, 5.41) is 3.31. The van der Waals surface area contributed by atoms with Gasteiger partial charge in [0, 0.05) is 19.3 Å². The van der Waals surface area contributed by atoms with Gasteiger partial charge in [-0.3, -0.25) is 4.79 Å². The van der Waals surface area contributed by atoms with Gasteiger partial charge >= 0.3 is 0 Å². The van der Waals surface area contributed by atoms with E-state index in [1.807, 2.05) is 37.4 Å². The van der Waals surface area contributed by atoms with Crippen molar-refractivity contribution in [3.05, 3.63) is 54.6 Å². The van der Waals surface area contributed by atoms with Crippen LogP contribution < -0.4 is 5.32 Å². The van der Waals surface area contributed by atoms with E-state index in [0.717, 1.165) is 18.7 Å². The van der Waals surface area contributed by atoms with Crippen molar-refractivity contribution in [3.8, 4) is 11.1 Å². The Morgan fingerprint density at radius 1 is 1.00 bits per heavy atom. The van der Waals surface area contributed by atoms with Crippen molar-refractivity contribution in [1.82, 2.24) is 4.90 Å². The molecular weight excluding hydrogens is 248 g/mol. The van der Waals surface area contributed by atoms with Gasteiger partial charge in [0.2, 0.25) is 5.91 Å². The molecule has 3 rings (SSSR count). The maximum absolute atomic E-state index is 11.9. The standard InChI is InChI=1S/C17H18N2O/c1-19-12-11-16(17(19)20)18-15-9-7-14(8-10-15)13-5-3-2-4-6-13/h2-10,16,18H,11-12H2,1H3. The number of hydrogen-bond donors (Lipinski definition) is 1. The zero-order valence-electron chi connectivity index (χ0n) is 11.5. The Bertz CT molecular complexity index is 592. The number of likely N-dealkylation sites (N-methyl/N-ethyl adjacent to an activating group) is 1. The molecule has 1 saturated heterocycles. The van der Waals surface area contributed by atoms with E-state index in [1.165, 1.54) is 11.1 Å². The van der Waals surface area contributed by atoms with Crippen LogP contribution in [0.3, 0.4) is 0 Å². The normalized spacial score (nSPS) is 18.4. The number of nitrogens with zero attached hydrogens (tertiary/aromatic N) is 1. The fourth-order valence-corrected chi connectivity index (χ4v) is 2.55. The molecule has 0 bridgehead atoms. The lowest BCUT2D eigenvalue weighted by Gasteiger charge is -2.13. The summed E-state index contributed by atoms with van der Waals surface area (Å²) in [5.74, 6) is 0.178. The molecule has 1 heterocycles. The van der Waals surface area contributed by atoms with E-state index < -0.39 is 0 Å². The van der Waals surface area contributed by atoms with Gasteiger partial charge in [0.05, 0.1) is 0 Å². The van der Waals surface area contributed by atoms with E-state index in [1.54, 1.807) is 4.90 Å². The fraction of sp³-hybridized carbons (Fsp3) is 0.235. The predicted octanol–water partition coefficient (Wildman–Crippen LogP) is 3.00. The molecule has 3 heteroatoms. The van der Waals surface area contributed by atoms with Crippen molar-refractivity contribution < 1.29 is 4.79 Å². The number of nitrogens with one attached hydrogen (secondary N) is 1. The highest BCUT2D eigenvalue weighted by Gasteiger charge is 2.28. The van der Waals surface area contributed by atoms with Crippen molar-refractivity contribution in [2.75, 3.05) is 18.9 Å². The van der Waals surface area contributed by atoms with Gasteiger partial charge < -0.3 is 10.2 Å². The van der Waals surface area contributed by atoms with E-state index in [4.69, 9.17) is 0 Å². The van der Waals surface area contributed by atoms with E-state index in [-0.39, 0.29) is 11.9 Å². The Kier molecular flexibility index (Phi) is 3.42. The van der Waals surface area contributed by atoms with E-state index in [2.05, 4.69) is 29.6 Å². The summed E-state index contributed by atoms with van der Waals surface area (Å²) >= 11 is 0. The Labute approximate surface area is 119 Å². The molecule has 1 unspecified atom stereocenters. The second-order valence-corrected chi connectivity index (χ2v) is 5.19. The van der Waals surface area contributed by atoms with Crippen LogP contribution in [0.25, 0.3) is 11.1 Å². The first-order valence-electron chi connectivity index (χ1n) is 6.91. The largest absolute Gasteiger partial charge is 0.374 e. The number of hydrogen-bond acceptors (Lipinski definition) is 2. The van der Waals surface area contributed by atoms with Gasteiger partial charge in [-0.1, -0.05) is 42.5 Å². The minimum absolute atomic E-state index is 0.0809. The lowest BCUT2D eigenvalue weighted by Crippen LogP contribution is -2.30. The SMILES string of the molecule is CN1CCC(Nc2ccc(-c3ccccc3)cc2)C1=O. The van der Waals surface area contributed by atoms with Gasteiger partial charge in [0.15, 0.2) is 0 Å². The topological polar surface area (TPSA) is 32.3 Å². The predicted molar refractivity (Wildman–Crippen MR) is 81.5 cm³/mol. The summed E-state index contributed by atoms with van der Waals surface area (Å²) in [6.45, 7) is 0.832. The van der Waals surface area contributed by atoms with Crippen LogP contribution in [-0.4, -0.2) is 30.4 Å². The molecule has 20 heavy (non-hydrogen) atoms. The summed E-state index contributed by atoms with van der Waals surface area (Å²) in [5.41, 5.74) is 3.39. The first kappa shape index (κ1) is 12.7. The van der Waals surface area contributed by atoms with Crippen LogP contribution in [0.2, 0.25) is 0 Å². The van der Waals surface area contributed by atoms with Crippen LogP contribution >= 0.6 is 0 Å². The molecule has 0 saturated carbocycles. The minimum atomic E-state index is -0.0809. The number of benzene rings is 2. The van der Waals surface area contributed by atoms with Crippen LogP contribution in [-0.2, 0) is 4.79 Å². The third-order valence-corrected chi connectivity index (χ3v) is 3.76. The fourth-order valence-electron chi connectivity index (χ4n) is 2.55. The van der Waals surface area contributed by atoms with Crippen LogP contribution in [0.1, 0.15) is 6.42 Å². The van der Waals surface area contributed by atoms with Gasteiger partial charge in [-0.15, -0.1) is 0 Å². The second kappa shape index (κ2) is 5.37. The number of carbonyl (C=O) groups excluding carboxylic acids is 1. The second-order valence-electron chi connectivity index (χ2n) is 5.19. The number of amides is 1. The molecular formula is C17H18N2O. The van der Waals surface area contributed by atoms with Crippen LogP contribution in [0.15, 0.2) is 54.6 Å². The zero-order valence-corrected chi connectivity index (χ0v) is 11.5. The molecule has 0 aromatic heterocycles. The highest BCUT2D eigenvalue weighted by Crippen LogP contribution is 2.22. The molecule has 1 fully saturated rings. The monoisotopic (exact) mass is 266 g/mol. The van der Waals surface area contributed by atoms with Crippen LogP contribution in [0.4, 0.5) is 5.69 Å². The Balaban J connectivity index is 1.72. The molecule has 1 amide bonds. The Morgan fingerprint density at radius 2 is 1.65 bits per heavy atom. The van der Waals surface area contributed by atoms with Gasteiger partial charge in [-0.2, -0.15) is 0 Å². The molecule has 1 aliphatic rings. The van der Waals surface area contributed by atoms with Crippen LogP contribution in [0, 0.1) is 0 Å². The first-order valence-corrected chi connectivity index (χ1v) is 6.91. The van der Waals surface area contributed by atoms with Crippen molar-refractivity contribution in [3.63, 3.8) is 0 Å². The molecule has 1 aliphatic heterocycles. The van der Waals surface area contributed by atoms with Gasteiger partial charge in [-0.05, 0) is 29.7 Å². The highest BCUT2D eigenvalue weighted by molar-refractivity contribution is 5.86. The summed E-state index contributed by atoms with van der Waals surface area (Å²) < 4.78 is 0. The number of rotatable bonds is 3. The summed E-state index contributed by atoms with van der Waals surface area (Å²) in [7, 11) is 1.85. The molecule has 2 aromatic rings. The van der Waals surface area contributed by atoms with Crippen molar-refractivity contribution in [2.24, 2.45) is 0 Å². The maximum Gasteiger partial charge on any atom is 0.244 e. The van der Waals surface area contributed by atoms with E-state index >= 15 is 0 Å². The third-order valence-electron chi connectivity index (χ3n) is 3.76. The first-order chi connectivity index (χ1) is 9.74. The molecule has 0 aliphatic carbocycles. The van der Waals surface area contributed by atoms with Crippen LogP contribution in [0.5, 0.6) is 0 Å². The molecule has 3 nitrogen and oxygen atoms in total. The van der Waals surface area contributed by atoms with Gasteiger partial charge in [0.1, 0.15) is 6.04 Å². The summed E-state index contributed by atoms with van der Waals surface area (Å²) in [6.07, 6.45) is 0.871. The molecule has 1 N–H and O–H groups in total. The lowest BCUT2D eigenvalue weighted by atomic mass is 10.1. The molecule has 102 valence electrons. The van der Waals surface area contributed by atoms with Gasteiger partial charge in [0.25, 0.3) is 0 Å². The molecule has 0 radical (unpaired) electrons. The third kappa shape index (κ3) is 2.52. The molecule has 0 spiro atoms. The van der Waals surface area contributed by atoms with Crippen molar-refractivity contribution in [1.29, 1.82) is 0 Å². The number of likely N-dealkylation sites (tertiary alicyclic amines) is 1. The van der Waals surface area contributed by atoms with Crippen molar-refractivity contribution >= 4 is 11.6 Å². The average Bonchev–Trinajstić information content (AvgIpc) is 2.81. The minimum Gasteiger partial charge on any atom is -0.374 e.